The van der Waals surface area contributed by atoms with Crippen LogP contribution in [0, 0.1) is 0 Å². The van der Waals surface area contributed by atoms with Crippen LogP contribution in [0.2, 0.25) is 0 Å². The van der Waals surface area contributed by atoms with Gasteiger partial charge in [0.05, 0.1) is 0 Å². The molecule has 11 heavy (non-hydrogen) atoms. The van der Waals surface area contributed by atoms with E-state index in [1.807, 2.05) is 0 Å². The molecule has 0 saturated carbocycles. The zero-order chi connectivity index (χ0) is 8.69. The molecule has 0 aliphatic rings. The van der Waals surface area contributed by atoms with Crippen molar-refractivity contribution in [1.29, 1.82) is 0 Å². The van der Waals surface area contributed by atoms with Crippen molar-refractivity contribution >= 4 is 0 Å². The first-order valence-corrected chi connectivity index (χ1v) is 4.66. The number of rotatable bonds is 6. The van der Waals surface area contributed by atoms with Crippen LogP contribution in [0.15, 0.2) is 0 Å². The average molecular weight is 158 g/mol. The number of nitrogens with two attached hydrogens (primary N) is 1. The van der Waals surface area contributed by atoms with Gasteiger partial charge in [-0.1, -0.05) is 20.3 Å². The molecule has 0 spiro atoms. The average Bonchev–Trinajstić information content (AvgIpc) is 2.03. The first-order chi connectivity index (χ1) is 5.26. The van der Waals surface area contributed by atoms with Crippen LogP contribution in [-0.2, 0) is 0 Å². The molecule has 0 aromatic heterocycles. The predicted molar refractivity (Wildman–Crippen MR) is 50.7 cm³/mol. The Kier molecular flexibility index (Phi) is 6.57. The quantitative estimate of drug-likeness (QED) is 0.634. The SMILES string of the molecule is CCCC(CCN)N(C)CC. The normalized spacial score (nSPS) is 13.9. The van der Waals surface area contributed by atoms with Crippen LogP contribution in [-0.4, -0.2) is 31.1 Å². The minimum atomic E-state index is 0.704. The van der Waals surface area contributed by atoms with E-state index in [4.69, 9.17) is 5.73 Å². The van der Waals surface area contributed by atoms with Crippen LogP contribution in [0.4, 0.5) is 0 Å². The minimum absolute atomic E-state index is 0.704. The summed E-state index contributed by atoms with van der Waals surface area (Å²) >= 11 is 0. The van der Waals surface area contributed by atoms with Gasteiger partial charge in [0.25, 0.3) is 0 Å². The van der Waals surface area contributed by atoms with Crippen molar-refractivity contribution < 1.29 is 0 Å². The second kappa shape index (κ2) is 6.62. The van der Waals surface area contributed by atoms with Gasteiger partial charge in [0.15, 0.2) is 0 Å². The second-order valence-electron chi connectivity index (χ2n) is 3.09. The van der Waals surface area contributed by atoms with Crippen LogP contribution in [0.25, 0.3) is 0 Å². The monoisotopic (exact) mass is 158 g/mol. The maximum absolute atomic E-state index is 5.53. The molecule has 2 N–H and O–H groups in total. The lowest BCUT2D eigenvalue weighted by atomic mass is 10.1. The Morgan fingerprint density at radius 3 is 2.27 bits per heavy atom. The zero-order valence-electron chi connectivity index (χ0n) is 8.14. The number of hydrogen-bond acceptors (Lipinski definition) is 2. The molecule has 0 rings (SSSR count). The Balaban J connectivity index is 3.66. The highest BCUT2D eigenvalue weighted by Gasteiger charge is 2.09. The first kappa shape index (κ1) is 10.9. The highest BCUT2D eigenvalue weighted by atomic mass is 15.1. The van der Waals surface area contributed by atoms with Crippen LogP contribution in [0.5, 0.6) is 0 Å². The fraction of sp³-hybridized carbons (Fsp3) is 1.00. The molecule has 1 unspecified atom stereocenters. The van der Waals surface area contributed by atoms with Crippen molar-refractivity contribution in [3.63, 3.8) is 0 Å². The number of nitrogens with zero attached hydrogens (tertiary/aromatic N) is 1. The molecule has 0 aromatic carbocycles. The Labute approximate surface area is 70.8 Å². The van der Waals surface area contributed by atoms with Crippen molar-refractivity contribution in [2.24, 2.45) is 5.73 Å². The molecule has 0 amide bonds. The second-order valence-corrected chi connectivity index (χ2v) is 3.09. The van der Waals surface area contributed by atoms with Crippen molar-refractivity contribution in [2.45, 2.75) is 39.2 Å². The molecule has 2 heteroatoms. The highest BCUT2D eigenvalue weighted by molar-refractivity contribution is 4.67. The van der Waals surface area contributed by atoms with Crippen molar-refractivity contribution in [1.82, 2.24) is 4.90 Å². The van der Waals surface area contributed by atoms with Crippen LogP contribution < -0.4 is 5.73 Å². The maximum Gasteiger partial charge on any atom is 0.0104 e. The van der Waals surface area contributed by atoms with E-state index in [0.717, 1.165) is 19.5 Å². The van der Waals surface area contributed by atoms with Gasteiger partial charge in [0, 0.05) is 6.04 Å². The summed E-state index contributed by atoms with van der Waals surface area (Å²) in [7, 11) is 2.18. The lowest BCUT2D eigenvalue weighted by Crippen LogP contribution is -2.33. The van der Waals surface area contributed by atoms with Gasteiger partial charge in [-0.05, 0) is 33.0 Å². The van der Waals surface area contributed by atoms with Crippen LogP contribution in [0.1, 0.15) is 33.1 Å². The third-order valence-corrected chi connectivity index (χ3v) is 2.24. The third kappa shape index (κ3) is 4.38. The molecule has 68 valence electrons. The van der Waals surface area contributed by atoms with E-state index >= 15 is 0 Å². The molecule has 2 nitrogen and oxygen atoms in total. The van der Waals surface area contributed by atoms with E-state index in [0.29, 0.717) is 6.04 Å². The lowest BCUT2D eigenvalue weighted by molar-refractivity contribution is 0.230. The predicted octanol–water partition coefficient (Wildman–Crippen LogP) is 1.46. The smallest absolute Gasteiger partial charge is 0.0104 e. The van der Waals surface area contributed by atoms with E-state index in [2.05, 4.69) is 25.8 Å². The summed E-state index contributed by atoms with van der Waals surface area (Å²) in [6, 6.07) is 0.704. The van der Waals surface area contributed by atoms with Gasteiger partial charge < -0.3 is 10.6 Å². The summed E-state index contributed by atoms with van der Waals surface area (Å²) in [5.74, 6) is 0. The molecule has 0 saturated heterocycles. The summed E-state index contributed by atoms with van der Waals surface area (Å²) in [4.78, 5) is 2.39. The van der Waals surface area contributed by atoms with Crippen LogP contribution >= 0.6 is 0 Å². The molecule has 0 aliphatic heterocycles. The van der Waals surface area contributed by atoms with Gasteiger partial charge in [-0.25, -0.2) is 0 Å². The Bertz CT molecular complexity index is 77.6. The zero-order valence-corrected chi connectivity index (χ0v) is 8.14. The van der Waals surface area contributed by atoms with E-state index in [1.165, 1.54) is 12.8 Å². The first-order valence-electron chi connectivity index (χ1n) is 4.66. The molecule has 0 radical (unpaired) electrons. The van der Waals surface area contributed by atoms with Gasteiger partial charge in [-0.15, -0.1) is 0 Å². The molecule has 0 aromatic rings. The summed E-state index contributed by atoms with van der Waals surface area (Å²) in [6.07, 6.45) is 3.68. The van der Waals surface area contributed by atoms with Crippen molar-refractivity contribution in [3.05, 3.63) is 0 Å². The summed E-state index contributed by atoms with van der Waals surface area (Å²) in [6.45, 7) is 6.37. The fourth-order valence-corrected chi connectivity index (χ4v) is 1.37. The maximum atomic E-state index is 5.53. The summed E-state index contributed by atoms with van der Waals surface area (Å²) in [5.41, 5.74) is 5.53. The molecule has 0 heterocycles. The molecular formula is C9H22N2. The minimum Gasteiger partial charge on any atom is -0.330 e. The van der Waals surface area contributed by atoms with Crippen LogP contribution in [0.3, 0.4) is 0 Å². The Morgan fingerprint density at radius 1 is 1.27 bits per heavy atom. The molecular weight excluding hydrogens is 136 g/mol. The molecule has 0 aliphatic carbocycles. The highest BCUT2D eigenvalue weighted by Crippen LogP contribution is 2.07. The Morgan fingerprint density at radius 2 is 1.91 bits per heavy atom. The molecule has 1 atom stereocenters. The number of hydrogen-bond donors (Lipinski definition) is 1. The van der Waals surface area contributed by atoms with E-state index in [-0.39, 0.29) is 0 Å². The summed E-state index contributed by atoms with van der Waals surface area (Å²) < 4.78 is 0. The van der Waals surface area contributed by atoms with Gasteiger partial charge in [0.1, 0.15) is 0 Å². The van der Waals surface area contributed by atoms with Crippen molar-refractivity contribution in [2.75, 3.05) is 20.1 Å². The fourth-order valence-electron chi connectivity index (χ4n) is 1.37. The topological polar surface area (TPSA) is 29.3 Å². The lowest BCUT2D eigenvalue weighted by Gasteiger charge is -2.25. The molecule has 0 fully saturated rings. The van der Waals surface area contributed by atoms with Gasteiger partial charge >= 0.3 is 0 Å². The Hall–Kier alpha value is -0.0800. The third-order valence-electron chi connectivity index (χ3n) is 2.24. The van der Waals surface area contributed by atoms with Gasteiger partial charge in [-0.2, -0.15) is 0 Å². The van der Waals surface area contributed by atoms with E-state index < -0.39 is 0 Å². The molecule has 0 bridgehead atoms. The van der Waals surface area contributed by atoms with E-state index in [1.54, 1.807) is 0 Å². The van der Waals surface area contributed by atoms with E-state index in [9.17, 15) is 0 Å². The summed E-state index contributed by atoms with van der Waals surface area (Å²) in [5, 5.41) is 0. The van der Waals surface area contributed by atoms with Gasteiger partial charge in [-0.3, -0.25) is 0 Å². The van der Waals surface area contributed by atoms with Crippen molar-refractivity contribution in [3.8, 4) is 0 Å². The largest absolute Gasteiger partial charge is 0.330 e. The van der Waals surface area contributed by atoms with Gasteiger partial charge in [0.2, 0.25) is 0 Å². The standard InChI is InChI=1S/C9H22N2/c1-4-6-9(7-8-10)11(3)5-2/h9H,4-8,10H2,1-3H3.